The SMILES string of the molecule is CCCCCCCC(C)C(CC)C(C)CCC. The average Bonchev–Trinajstić information content (AvgIpc) is 2.30. The summed E-state index contributed by atoms with van der Waals surface area (Å²) in [5.74, 6) is 2.82. The Hall–Kier alpha value is 0. The van der Waals surface area contributed by atoms with Crippen LogP contribution in [-0.2, 0) is 0 Å². The molecule has 0 aromatic heterocycles. The van der Waals surface area contributed by atoms with Crippen LogP contribution >= 0.6 is 0 Å². The maximum atomic E-state index is 2.49. The third kappa shape index (κ3) is 7.84. The van der Waals surface area contributed by atoms with Crippen molar-refractivity contribution in [3.05, 3.63) is 0 Å². The second-order valence-corrected chi connectivity index (χ2v) is 6.02. The van der Waals surface area contributed by atoms with Crippen molar-refractivity contribution >= 4 is 0 Å². The van der Waals surface area contributed by atoms with Crippen molar-refractivity contribution in [2.24, 2.45) is 17.8 Å². The molecule has 0 N–H and O–H groups in total. The molecule has 3 atom stereocenters. The van der Waals surface area contributed by atoms with Gasteiger partial charge in [-0.25, -0.2) is 0 Å². The highest BCUT2D eigenvalue weighted by molar-refractivity contribution is 4.71. The number of rotatable bonds is 11. The lowest BCUT2D eigenvalue weighted by atomic mass is 9.77. The number of hydrogen-bond donors (Lipinski definition) is 0. The molecule has 0 rings (SSSR count). The van der Waals surface area contributed by atoms with Gasteiger partial charge in [-0.3, -0.25) is 0 Å². The van der Waals surface area contributed by atoms with Gasteiger partial charge < -0.3 is 0 Å². The average molecular weight is 240 g/mol. The third-order valence-corrected chi connectivity index (χ3v) is 4.44. The Balaban J connectivity index is 3.79. The van der Waals surface area contributed by atoms with Gasteiger partial charge in [0, 0.05) is 0 Å². The van der Waals surface area contributed by atoms with Crippen molar-refractivity contribution in [3.63, 3.8) is 0 Å². The monoisotopic (exact) mass is 240 g/mol. The van der Waals surface area contributed by atoms with Crippen LogP contribution in [-0.4, -0.2) is 0 Å². The summed E-state index contributed by atoms with van der Waals surface area (Å²) >= 11 is 0. The number of unbranched alkanes of at least 4 members (excludes halogenated alkanes) is 4. The molecular weight excluding hydrogens is 204 g/mol. The van der Waals surface area contributed by atoms with Crippen LogP contribution in [0.1, 0.15) is 92.4 Å². The van der Waals surface area contributed by atoms with Crippen molar-refractivity contribution < 1.29 is 0 Å². The van der Waals surface area contributed by atoms with Crippen molar-refractivity contribution in [3.8, 4) is 0 Å². The first kappa shape index (κ1) is 17.0. The zero-order valence-electron chi connectivity index (χ0n) is 13.1. The van der Waals surface area contributed by atoms with E-state index in [9.17, 15) is 0 Å². The standard InChI is InChI=1S/C17H36/c1-6-9-10-11-12-14-16(5)17(8-3)15(4)13-7-2/h15-17H,6-14H2,1-5H3. The molecule has 104 valence electrons. The first-order valence-electron chi connectivity index (χ1n) is 8.17. The molecule has 17 heavy (non-hydrogen) atoms. The van der Waals surface area contributed by atoms with E-state index < -0.39 is 0 Å². The van der Waals surface area contributed by atoms with Crippen LogP contribution in [0.4, 0.5) is 0 Å². The van der Waals surface area contributed by atoms with E-state index in [2.05, 4.69) is 34.6 Å². The topological polar surface area (TPSA) is 0 Å². The van der Waals surface area contributed by atoms with Gasteiger partial charge in [-0.15, -0.1) is 0 Å². The first-order chi connectivity index (χ1) is 8.17. The fourth-order valence-electron chi connectivity index (χ4n) is 3.32. The van der Waals surface area contributed by atoms with Crippen LogP contribution < -0.4 is 0 Å². The van der Waals surface area contributed by atoms with Gasteiger partial charge in [0.05, 0.1) is 0 Å². The molecule has 0 bridgehead atoms. The highest BCUT2D eigenvalue weighted by atomic mass is 14.3. The maximum absolute atomic E-state index is 2.49. The lowest BCUT2D eigenvalue weighted by molar-refractivity contribution is 0.220. The lowest BCUT2D eigenvalue weighted by Gasteiger charge is -2.28. The van der Waals surface area contributed by atoms with E-state index in [-0.39, 0.29) is 0 Å². The zero-order chi connectivity index (χ0) is 13.1. The molecule has 0 heteroatoms. The fraction of sp³-hybridized carbons (Fsp3) is 1.00. The van der Waals surface area contributed by atoms with E-state index in [0.29, 0.717) is 0 Å². The molecule has 0 aliphatic heterocycles. The summed E-state index contributed by atoms with van der Waals surface area (Å²) in [6.07, 6.45) is 12.7. The molecule has 0 aliphatic carbocycles. The minimum atomic E-state index is 0.927. The molecule has 0 spiro atoms. The smallest absolute Gasteiger partial charge is 0.0365 e. The van der Waals surface area contributed by atoms with E-state index in [1.54, 1.807) is 0 Å². The fourth-order valence-corrected chi connectivity index (χ4v) is 3.32. The summed E-state index contributed by atoms with van der Waals surface area (Å²) in [5, 5.41) is 0. The Morgan fingerprint density at radius 3 is 1.76 bits per heavy atom. The lowest BCUT2D eigenvalue weighted by Crippen LogP contribution is -2.19. The molecule has 0 radical (unpaired) electrons. The molecular formula is C17H36. The first-order valence-corrected chi connectivity index (χ1v) is 8.17. The largest absolute Gasteiger partial charge is 0.0654 e. The van der Waals surface area contributed by atoms with Crippen molar-refractivity contribution in [1.82, 2.24) is 0 Å². The Kier molecular flexibility index (Phi) is 11.1. The molecule has 0 amide bonds. The second kappa shape index (κ2) is 11.1. The van der Waals surface area contributed by atoms with E-state index in [4.69, 9.17) is 0 Å². The van der Waals surface area contributed by atoms with E-state index in [1.165, 1.54) is 57.8 Å². The molecule has 0 saturated heterocycles. The van der Waals surface area contributed by atoms with Crippen LogP contribution in [0.15, 0.2) is 0 Å². The molecule has 0 aromatic carbocycles. The highest BCUT2D eigenvalue weighted by Gasteiger charge is 2.20. The summed E-state index contributed by atoms with van der Waals surface area (Å²) in [5.41, 5.74) is 0. The maximum Gasteiger partial charge on any atom is -0.0365 e. The van der Waals surface area contributed by atoms with Gasteiger partial charge in [0.1, 0.15) is 0 Å². The molecule has 3 unspecified atom stereocenters. The minimum Gasteiger partial charge on any atom is -0.0654 e. The Morgan fingerprint density at radius 1 is 0.647 bits per heavy atom. The van der Waals surface area contributed by atoms with Gasteiger partial charge in [0.25, 0.3) is 0 Å². The molecule has 0 heterocycles. The van der Waals surface area contributed by atoms with Gasteiger partial charge in [-0.1, -0.05) is 92.4 Å². The van der Waals surface area contributed by atoms with Gasteiger partial charge in [0.15, 0.2) is 0 Å². The van der Waals surface area contributed by atoms with Crippen LogP contribution in [0, 0.1) is 17.8 Å². The Bertz CT molecular complexity index is 150. The van der Waals surface area contributed by atoms with Crippen molar-refractivity contribution in [1.29, 1.82) is 0 Å². The zero-order valence-corrected chi connectivity index (χ0v) is 13.1. The second-order valence-electron chi connectivity index (χ2n) is 6.02. The summed E-state index contributed by atoms with van der Waals surface area (Å²) in [6.45, 7) is 11.9. The highest BCUT2D eigenvalue weighted by Crippen LogP contribution is 2.31. The van der Waals surface area contributed by atoms with E-state index in [1.807, 2.05) is 0 Å². The minimum absolute atomic E-state index is 0.927. The number of hydrogen-bond acceptors (Lipinski definition) is 0. The van der Waals surface area contributed by atoms with Gasteiger partial charge in [-0.2, -0.15) is 0 Å². The molecule has 0 aliphatic rings. The predicted octanol–water partition coefficient (Wildman–Crippen LogP) is 6.45. The van der Waals surface area contributed by atoms with Gasteiger partial charge in [-0.05, 0) is 17.8 Å². The van der Waals surface area contributed by atoms with Crippen LogP contribution in [0.2, 0.25) is 0 Å². The van der Waals surface area contributed by atoms with Crippen LogP contribution in [0.5, 0.6) is 0 Å². The third-order valence-electron chi connectivity index (χ3n) is 4.44. The predicted molar refractivity (Wildman–Crippen MR) is 80.4 cm³/mol. The van der Waals surface area contributed by atoms with Crippen molar-refractivity contribution in [2.75, 3.05) is 0 Å². The summed E-state index contributed by atoms with van der Waals surface area (Å²) in [7, 11) is 0. The summed E-state index contributed by atoms with van der Waals surface area (Å²) in [6, 6.07) is 0. The quantitative estimate of drug-likeness (QED) is 0.364. The van der Waals surface area contributed by atoms with Gasteiger partial charge >= 0.3 is 0 Å². The molecule has 0 nitrogen and oxygen atoms in total. The Morgan fingerprint density at radius 2 is 1.24 bits per heavy atom. The van der Waals surface area contributed by atoms with E-state index in [0.717, 1.165) is 17.8 Å². The van der Waals surface area contributed by atoms with Crippen LogP contribution in [0.25, 0.3) is 0 Å². The molecule has 0 aromatic rings. The van der Waals surface area contributed by atoms with Crippen LogP contribution in [0.3, 0.4) is 0 Å². The molecule has 0 saturated carbocycles. The summed E-state index contributed by atoms with van der Waals surface area (Å²) < 4.78 is 0. The summed E-state index contributed by atoms with van der Waals surface area (Å²) in [4.78, 5) is 0. The normalized spacial score (nSPS) is 16.8. The van der Waals surface area contributed by atoms with Crippen molar-refractivity contribution in [2.45, 2.75) is 92.4 Å². The molecule has 0 fully saturated rings. The Labute approximate surface area is 111 Å². The van der Waals surface area contributed by atoms with E-state index >= 15 is 0 Å². The van der Waals surface area contributed by atoms with Gasteiger partial charge in [0.2, 0.25) is 0 Å².